The molecule has 1 aromatic heterocycles. The number of rotatable bonds is 3. The summed E-state index contributed by atoms with van der Waals surface area (Å²) in [6, 6.07) is 8.75. The highest BCUT2D eigenvalue weighted by Crippen LogP contribution is 2.39. The average molecular weight is 519 g/mol. The van der Waals surface area contributed by atoms with Crippen LogP contribution in [0.3, 0.4) is 0 Å². The lowest BCUT2D eigenvalue weighted by Crippen LogP contribution is -2.18. The number of alkyl halides is 6. The lowest BCUT2D eigenvalue weighted by molar-refractivity contribution is -0.136. The van der Waals surface area contributed by atoms with Crippen LogP contribution in [0.15, 0.2) is 42.5 Å². The van der Waals surface area contributed by atoms with Crippen LogP contribution < -0.4 is 5.32 Å². The molecule has 1 amide bonds. The summed E-state index contributed by atoms with van der Waals surface area (Å²) >= 11 is 29.6. The summed E-state index contributed by atoms with van der Waals surface area (Å²) in [6.45, 7) is 0. The smallest absolute Gasteiger partial charge is 0.319 e. The first-order valence-electron chi connectivity index (χ1n) is 7.85. The highest BCUT2D eigenvalue weighted by atomic mass is 35.6. The normalized spacial score (nSPS) is 12.1. The molecule has 30 heavy (non-hydrogen) atoms. The molecular formula is C17H8Cl5F3N4O. The van der Waals surface area contributed by atoms with Crippen molar-refractivity contribution < 1.29 is 18.0 Å². The Balaban J connectivity index is 2.03. The predicted molar refractivity (Wildman–Crippen MR) is 110 cm³/mol. The molecule has 0 spiro atoms. The Morgan fingerprint density at radius 2 is 1.67 bits per heavy atom. The molecule has 0 fully saturated rings. The van der Waals surface area contributed by atoms with Crippen molar-refractivity contribution in [2.24, 2.45) is 0 Å². The van der Waals surface area contributed by atoms with Crippen LogP contribution in [-0.2, 0) is 9.97 Å². The van der Waals surface area contributed by atoms with Crippen LogP contribution in [0.25, 0.3) is 5.69 Å². The fourth-order valence-corrected chi connectivity index (χ4v) is 3.07. The summed E-state index contributed by atoms with van der Waals surface area (Å²) in [6.07, 6.45) is -4.68. The second-order valence-electron chi connectivity index (χ2n) is 5.76. The fraction of sp³-hybridized carbons (Fsp3) is 0.118. The molecule has 0 radical (unpaired) electrons. The molecule has 2 aromatic carbocycles. The van der Waals surface area contributed by atoms with E-state index in [1.807, 2.05) is 0 Å². The van der Waals surface area contributed by atoms with Crippen molar-refractivity contribution in [2.75, 3.05) is 5.32 Å². The Morgan fingerprint density at radius 3 is 2.27 bits per heavy atom. The van der Waals surface area contributed by atoms with Gasteiger partial charge < -0.3 is 5.32 Å². The van der Waals surface area contributed by atoms with E-state index in [0.29, 0.717) is 0 Å². The Bertz CT molecular complexity index is 1110. The number of para-hydroxylation sites is 1. The molecule has 3 rings (SSSR count). The summed E-state index contributed by atoms with van der Waals surface area (Å²) in [5.74, 6) is -1.85. The molecule has 0 aliphatic rings. The molecular weight excluding hydrogens is 510 g/mol. The highest BCUT2D eigenvalue weighted by molar-refractivity contribution is 6.66. The minimum Gasteiger partial charge on any atom is -0.319 e. The molecule has 13 heteroatoms. The predicted octanol–water partition coefficient (Wildman–Crippen LogP) is 6.67. The SMILES string of the molecule is O=C(Nc1ccccc1C(F)(F)F)c1nc(C(Cl)(Cl)Cl)n(-c2ccc(Cl)c(Cl)c2)n1. The lowest BCUT2D eigenvalue weighted by Gasteiger charge is -2.12. The second kappa shape index (κ2) is 8.43. The summed E-state index contributed by atoms with van der Waals surface area (Å²) in [4.78, 5) is 16.4. The van der Waals surface area contributed by atoms with E-state index < -0.39 is 33.0 Å². The number of aromatic nitrogens is 3. The zero-order valence-corrected chi connectivity index (χ0v) is 18.1. The molecule has 0 atom stereocenters. The highest BCUT2D eigenvalue weighted by Gasteiger charge is 2.35. The maximum atomic E-state index is 13.2. The summed E-state index contributed by atoms with van der Waals surface area (Å²) < 4.78 is 38.4. The summed E-state index contributed by atoms with van der Waals surface area (Å²) in [5, 5.41) is 6.49. The van der Waals surface area contributed by atoms with Crippen molar-refractivity contribution in [3.63, 3.8) is 0 Å². The van der Waals surface area contributed by atoms with Crippen LogP contribution in [0.2, 0.25) is 10.0 Å². The molecule has 0 unspecified atom stereocenters. The third-order valence-electron chi connectivity index (χ3n) is 3.69. The van der Waals surface area contributed by atoms with Gasteiger partial charge in [0, 0.05) is 0 Å². The number of halogens is 8. The number of nitrogens with zero attached hydrogens (tertiary/aromatic N) is 3. The quantitative estimate of drug-likeness (QED) is 0.394. The van der Waals surface area contributed by atoms with Gasteiger partial charge in [0.05, 0.1) is 27.0 Å². The molecule has 5 nitrogen and oxygen atoms in total. The van der Waals surface area contributed by atoms with Crippen LogP contribution in [0.5, 0.6) is 0 Å². The molecule has 158 valence electrons. The number of carbonyl (C=O) groups excluding carboxylic acids is 1. The Labute approximate surface area is 192 Å². The number of amides is 1. The third-order valence-corrected chi connectivity index (χ3v) is 4.94. The first-order chi connectivity index (χ1) is 13.9. The van der Waals surface area contributed by atoms with Crippen molar-refractivity contribution in [2.45, 2.75) is 9.97 Å². The van der Waals surface area contributed by atoms with Crippen LogP contribution in [0.4, 0.5) is 18.9 Å². The van der Waals surface area contributed by atoms with Crippen LogP contribution >= 0.6 is 58.0 Å². The maximum Gasteiger partial charge on any atom is 0.418 e. The molecule has 3 aromatic rings. The Morgan fingerprint density at radius 1 is 1.00 bits per heavy atom. The Kier molecular flexibility index (Phi) is 6.46. The molecule has 1 heterocycles. The van der Waals surface area contributed by atoms with E-state index in [4.69, 9.17) is 58.0 Å². The van der Waals surface area contributed by atoms with Gasteiger partial charge in [-0.15, -0.1) is 5.10 Å². The van der Waals surface area contributed by atoms with E-state index in [2.05, 4.69) is 15.4 Å². The van der Waals surface area contributed by atoms with Gasteiger partial charge in [-0.25, -0.2) is 9.67 Å². The molecule has 0 saturated heterocycles. The monoisotopic (exact) mass is 516 g/mol. The van der Waals surface area contributed by atoms with Gasteiger partial charge in [0.1, 0.15) is 0 Å². The van der Waals surface area contributed by atoms with Gasteiger partial charge in [0.15, 0.2) is 5.82 Å². The first kappa shape index (κ1) is 23.0. The van der Waals surface area contributed by atoms with E-state index >= 15 is 0 Å². The van der Waals surface area contributed by atoms with Gasteiger partial charge >= 0.3 is 6.18 Å². The van der Waals surface area contributed by atoms with E-state index in [-0.39, 0.29) is 21.6 Å². The lowest BCUT2D eigenvalue weighted by atomic mass is 10.1. The topological polar surface area (TPSA) is 59.8 Å². The molecule has 0 aliphatic heterocycles. The van der Waals surface area contributed by atoms with E-state index in [1.165, 1.54) is 30.3 Å². The van der Waals surface area contributed by atoms with Gasteiger partial charge in [-0.05, 0) is 30.3 Å². The van der Waals surface area contributed by atoms with E-state index in [9.17, 15) is 18.0 Å². The molecule has 0 saturated carbocycles. The largest absolute Gasteiger partial charge is 0.418 e. The number of hydrogen-bond donors (Lipinski definition) is 1. The maximum absolute atomic E-state index is 13.2. The number of hydrogen-bond acceptors (Lipinski definition) is 3. The summed E-state index contributed by atoms with van der Waals surface area (Å²) in [7, 11) is 0. The average Bonchev–Trinajstić information content (AvgIpc) is 3.09. The van der Waals surface area contributed by atoms with E-state index in [0.717, 1.165) is 16.8 Å². The zero-order valence-electron chi connectivity index (χ0n) is 14.3. The van der Waals surface area contributed by atoms with Crippen LogP contribution in [0.1, 0.15) is 22.0 Å². The molecule has 1 N–H and O–H groups in total. The van der Waals surface area contributed by atoms with Crippen molar-refractivity contribution in [3.8, 4) is 5.69 Å². The van der Waals surface area contributed by atoms with Gasteiger partial charge in [-0.2, -0.15) is 13.2 Å². The second-order valence-corrected chi connectivity index (χ2v) is 8.86. The Hall–Kier alpha value is -1.71. The number of anilines is 1. The van der Waals surface area contributed by atoms with Crippen molar-refractivity contribution in [1.29, 1.82) is 0 Å². The fourth-order valence-electron chi connectivity index (χ4n) is 2.41. The van der Waals surface area contributed by atoms with Crippen molar-refractivity contribution in [3.05, 3.63) is 69.7 Å². The van der Waals surface area contributed by atoms with Crippen LogP contribution in [-0.4, -0.2) is 20.7 Å². The molecule has 0 bridgehead atoms. The minimum absolute atomic E-state index is 0.157. The van der Waals surface area contributed by atoms with Gasteiger partial charge in [-0.3, -0.25) is 4.79 Å². The van der Waals surface area contributed by atoms with Gasteiger partial charge in [0.2, 0.25) is 9.62 Å². The van der Waals surface area contributed by atoms with Crippen molar-refractivity contribution in [1.82, 2.24) is 14.8 Å². The third kappa shape index (κ3) is 4.95. The first-order valence-corrected chi connectivity index (χ1v) is 9.74. The van der Waals surface area contributed by atoms with Gasteiger partial charge in [-0.1, -0.05) is 70.1 Å². The minimum atomic E-state index is -4.68. The molecule has 0 aliphatic carbocycles. The van der Waals surface area contributed by atoms with E-state index in [1.54, 1.807) is 0 Å². The van der Waals surface area contributed by atoms with Crippen molar-refractivity contribution >= 4 is 69.6 Å². The zero-order chi connectivity index (χ0) is 22.3. The van der Waals surface area contributed by atoms with Gasteiger partial charge in [0.25, 0.3) is 5.91 Å². The van der Waals surface area contributed by atoms with Crippen LogP contribution in [0, 0.1) is 0 Å². The number of carbonyl (C=O) groups is 1. The summed E-state index contributed by atoms with van der Waals surface area (Å²) in [5.41, 5.74) is -1.26. The number of benzene rings is 2. The standard InChI is InChI=1S/C17H8Cl5F3N4O/c18-10-6-5-8(7-11(10)19)29-15(16(20,21)22)27-13(28-29)14(30)26-12-4-2-1-3-9(12)17(23,24)25/h1-7H,(H,26,30). The number of nitrogens with one attached hydrogen (secondary N) is 1.